The quantitative estimate of drug-likeness (QED) is 0.746. The molecule has 0 spiro atoms. The van der Waals surface area contributed by atoms with Crippen LogP contribution in [0.3, 0.4) is 0 Å². The van der Waals surface area contributed by atoms with Crippen LogP contribution in [0.5, 0.6) is 0 Å². The zero-order chi connectivity index (χ0) is 7.72. The first-order valence-corrected chi connectivity index (χ1v) is 3.85. The molecule has 10 heavy (non-hydrogen) atoms. The van der Waals surface area contributed by atoms with Gasteiger partial charge in [0.25, 0.3) is 0 Å². The van der Waals surface area contributed by atoms with Crippen molar-refractivity contribution in [3.05, 3.63) is 16.4 Å². The number of aryl methyl sites for hydroxylation is 1. The van der Waals surface area contributed by atoms with E-state index in [1.807, 2.05) is 20.0 Å². The molecule has 56 valence electrons. The van der Waals surface area contributed by atoms with Gasteiger partial charge in [-0.3, -0.25) is 4.68 Å². The molecule has 0 aromatic carbocycles. The van der Waals surface area contributed by atoms with Crippen LogP contribution in [-0.4, -0.2) is 9.78 Å². The van der Waals surface area contributed by atoms with Gasteiger partial charge >= 0.3 is 0 Å². The lowest BCUT2D eigenvalue weighted by Crippen LogP contribution is -2.10. The Labute approximate surface area is 68.3 Å². The number of hydrogen-bond acceptors (Lipinski definition) is 2. The van der Waals surface area contributed by atoms with Crippen molar-refractivity contribution in [1.29, 1.82) is 0 Å². The van der Waals surface area contributed by atoms with E-state index in [1.165, 1.54) is 0 Å². The molecular formula is C6H10BrN3. The van der Waals surface area contributed by atoms with Crippen molar-refractivity contribution >= 4 is 15.9 Å². The van der Waals surface area contributed by atoms with E-state index in [1.54, 1.807) is 4.68 Å². The van der Waals surface area contributed by atoms with Crippen LogP contribution in [0.2, 0.25) is 0 Å². The Morgan fingerprint density at radius 1 is 1.80 bits per heavy atom. The second-order valence-electron chi connectivity index (χ2n) is 2.30. The summed E-state index contributed by atoms with van der Waals surface area (Å²) in [5.41, 5.74) is 6.68. The third kappa shape index (κ3) is 1.38. The molecule has 1 aromatic heterocycles. The lowest BCUT2D eigenvalue weighted by Gasteiger charge is -2.03. The molecule has 1 aromatic rings. The van der Waals surface area contributed by atoms with Gasteiger partial charge in [-0.1, -0.05) is 0 Å². The maximum atomic E-state index is 5.65. The summed E-state index contributed by atoms with van der Waals surface area (Å²) in [6.45, 7) is 1.93. The number of hydrogen-bond donors (Lipinski definition) is 1. The summed E-state index contributed by atoms with van der Waals surface area (Å²) in [7, 11) is 1.88. The summed E-state index contributed by atoms with van der Waals surface area (Å²) in [5, 5.41) is 4.09. The predicted octanol–water partition coefficient (Wildman–Crippen LogP) is 1.20. The Bertz CT molecular complexity index is 229. The molecule has 0 radical (unpaired) electrons. The van der Waals surface area contributed by atoms with E-state index in [4.69, 9.17) is 5.73 Å². The molecule has 0 saturated carbocycles. The number of rotatable bonds is 1. The summed E-state index contributed by atoms with van der Waals surface area (Å²) in [6, 6.07) is 1.97. The third-order valence-corrected chi connectivity index (χ3v) is 1.74. The lowest BCUT2D eigenvalue weighted by atomic mass is 10.2. The van der Waals surface area contributed by atoms with Crippen LogP contribution >= 0.6 is 15.9 Å². The van der Waals surface area contributed by atoms with Crippen molar-refractivity contribution in [2.75, 3.05) is 0 Å². The van der Waals surface area contributed by atoms with Crippen LogP contribution in [0.15, 0.2) is 10.7 Å². The minimum atomic E-state index is 0.0452. The largest absolute Gasteiger partial charge is 0.323 e. The molecule has 0 saturated heterocycles. The number of nitrogens with two attached hydrogens (primary N) is 1. The van der Waals surface area contributed by atoms with Crippen LogP contribution in [0.1, 0.15) is 18.7 Å². The molecule has 1 rings (SSSR count). The summed E-state index contributed by atoms with van der Waals surface area (Å²) in [5.74, 6) is 0. The van der Waals surface area contributed by atoms with Gasteiger partial charge in [-0.15, -0.1) is 0 Å². The molecular weight excluding hydrogens is 194 g/mol. The van der Waals surface area contributed by atoms with E-state index >= 15 is 0 Å². The Kier molecular flexibility index (Phi) is 2.11. The summed E-state index contributed by atoms with van der Waals surface area (Å²) >= 11 is 3.26. The fraction of sp³-hybridized carbons (Fsp3) is 0.500. The van der Waals surface area contributed by atoms with Crippen molar-refractivity contribution in [2.24, 2.45) is 12.8 Å². The SMILES string of the molecule is C[C@@H](N)c1cc(Br)nn1C. The highest BCUT2D eigenvalue weighted by molar-refractivity contribution is 9.10. The maximum Gasteiger partial charge on any atom is 0.128 e. The standard InChI is InChI=1S/C6H10BrN3/c1-4(8)5-3-6(7)9-10(5)2/h3-4H,8H2,1-2H3/t4-/m1/s1. The van der Waals surface area contributed by atoms with Gasteiger partial charge in [0.1, 0.15) is 4.60 Å². The fourth-order valence-corrected chi connectivity index (χ4v) is 1.34. The average molecular weight is 204 g/mol. The molecule has 3 nitrogen and oxygen atoms in total. The van der Waals surface area contributed by atoms with Gasteiger partial charge < -0.3 is 5.73 Å². The van der Waals surface area contributed by atoms with E-state index in [0.29, 0.717) is 0 Å². The van der Waals surface area contributed by atoms with Crippen LogP contribution < -0.4 is 5.73 Å². The monoisotopic (exact) mass is 203 g/mol. The minimum Gasteiger partial charge on any atom is -0.323 e. The highest BCUT2D eigenvalue weighted by Gasteiger charge is 2.05. The smallest absolute Gasteiger partial charge is 0.128 e. The minimum absolute atomic E-state index is 0.0452. The van der Waals surface area contributed by atoms with Crippen LogP contribution in [0.25, 0.3) is 0 Å². The predicted molar refractivity (Wildman–Crippen MR) is 43.5 cm³/mol. The molecule has 0 aliphatic heterocycles. The molecule has 0 fully saturated rings. The third-order valence-electron chi connectivity index (χ3n) is 1.35. The second kappa shape index (κ2) is 2.72. The summed E-state index contributed by atoms with van der Waals surface area (Å²) < 4.78 is 2.61. The molecule has 0 bridgehead atoms. The van der Waals surface area contributed by atoms with E-state index in [2.05, 4.69) is 21.0 Å². The zero-order valence-corrected chi connectivity index (χ0v) is 7.59. The van der Waals surface area contributed by atoms with Gasteiger partial charge in [-0.25, -0.2) is 0 Å². The number of nitrogens with zero attached hydrogens (tertiary/aromatic N) is 2. The van der Waals surface area contributed by atoms with Gasteiger partial charge in [-0.2, -0.15) is 5.10 Å². The molecule has 1 heterocycles. The average Bonchev–Trinajstić information content (AvgIpc) is 2.10. The normalized spacial score (nSPS) is 13.6. The Balaban J connectivity index is 3.03. The molecule has 0 unspecified atom stereocenters. The highest BCUT2D eigenvalue weighted by Crippen LogP contribution is 2.14. The van der Waals surface area contributed by atoms with E-state index < -0.39 is 0 Å². The first kappa shape index (κ1) is 7.75. The van der Waals surface area contributed by atoms with Gasteiger partial charge in [0.05, 0.1) is 5.69 Å². The van der Waals surface area contributed by atoms with Crippen molar-refractivity contribution < 1.29 is 0 Å². The van der Waals surface area contributed by atoms with Crippen molar-refractivity contribution in [2.45, 2.75) is 13.0 Å². The Morgan fingerprint density at radius 3 is 2.60 bits per heavy atom. The number of aromatic nitrogens is 2. The van der Waals surface area contributed by atoms with Gasteiger partial charge in [0, 0.05) is 13.1 Å². The van der Waals surface area contributed by atoms with Crippen LogP contribution in [0.4, 0.5) is 0 Å². The molecule has 0 aliphatic rings. The first-order valence-electron chi connectivity index (χ1n) is 3.06. The van der Waals surface area contributed by atoms with Crippen molar-refractivity contribution in [1.82, 2.24) is 9.78 Å². The molecule has 0 aliphatic carbocycles. The van der Waals surface area contributed by atoms with Gasteiger partial charge in [-0.05, 0) is 28.9 Å². The summed E-state index contributed by atoms with van der Waals surface area (Å²) in [6.07, 6.45) is 0. The molecule has 1 atom stereocenters. The van der Waals surface area contributed by atoms with Gasteiger partial charge in [0.15, 0.2) is 0 Å². The lowest BCUT2D eigenvalue weighted by molar-refractivity contribution is 0.652. The Hall–Kier alpha value is -0.350. The van der Waals surface area contributed by atoms with Crippen LogP contribution in [-0.2, 0) is 7.05 Å². The summed E-state index contributed by atoms with van der Waals surface area (Å²) in [4.78, 5) is 0. The Morgan fingerprint density at radius 2 is 2.40 bits per heavy atom. The zero-order valence-electron chi connectivity index (χ0n) is 6.00. The van der Waals surface area contributed by atoms with E-state index in [9.17, 15) is 0 Å². The van der Waals surface area contributed by atoms with Crippen molar-refractivity contribution in [3.8, 4) is 0 Å². The fourth-order valence-electron chi connectivity index (χ4n) is 0.871. The topological polar surface area (TPSA) is 43.8 Å². The number of halogens is 1. The first-order chi connectivity index (χ1) is 4.61. The maximum absolute atomic E-state index is 5.65. The molecule has 4 heteroatoms. The second-order valence-corrected chi connectivity index (χ2v) is 3.12. The van der Waals surface area contributed by atoms with Crippen molar-refractivity contribution in [3.63, 3.8) is 0 Å². The van der Waals surface area contributed by atoms with Gasteiger partial charge in [0.2, 0.25) is 0 Å². The van der Waals surface area contributed by atoms with E-state index in [0.717, 1.165) is 10.3 Å². The molecule has 0 amide bonds. The molecule has 2 N–H and O–H groups in total. The van der Waals surface area contributed by atoms with Crippen LogP contribution in [0, 0.1) is 0 Å². The van der Waals surface area contributed by atoms with E-state index in [-0.39, 0.29) is 6.04 Å². The highest BCUT2D eigenvalue weighted by atomic mass is 79.9.